The Labute approximate surface area is 124 Å². The first-order valence-electron chi connectivity index (χ1n) is 5.87. The number of nitrogens with zero attached hydrogens (tertiary/aromatic N) is 1. The molecule has 1 amide bonds. The minimum absolute atomic E-state index is 0.360. The van der Waals surface area contributed by atoms with Gasteiger partial charge in [-0.05, 0) is 47.3 Å². The van der Waals surface area contributed by atoms with Crippen LogP contribution < -0.4 is 5.32 Å². The predicted octanol–water partition coefficient (Wildman–Crippen LogP) is 2.21. The second-order valence-electron chi connectivity index (χ2n) is 3.98. The van der Waals surface area contributed by atoms with E-state index in [4.69, 9.17) is 5.11 Å². The molecule has 1 aromatic heterocycles. The zero-order chi connectivity index (χ0) is 14.4. The van der Waals surface area contributed by atoms with Crippen LogP contribution >= 0.6 is 27.7 Å². The Hall–Kier alpha value is -0.950. The number of carbonyl (C=O) groups excluding carboxylic acids is 1. The summed E-state index contributed by atoms with van der Waals surface area (Å²) in [4.78, 5) is 23.2. The molecule has 1 atom stereocenters. The molecule has 0 bridgehead atoms. The Morgan fingerprint density at radius 3 is 2.79 bits per heavy atom. The molecule has 0 radical (unpaired) electrons. The Bertz CT molecular complexity index is 462. The number of aromatic nitrogens is 1. The molecule has 1 aromatic rings. The monoisotopic (exact) mass is 348 g/mol. The van der Waals surface area contributed by atoms with E-state index in [0.717, 1.165) is 4.47 Å². The summed E-state index contributed by atoms with van der Waals surface area (Å²) in [5.74, 6) is -0.674. The van der Waals surface area contributed by atoms with Gasteiger partial charge in [0.25, 0.3) is 5.91 Å². The van der Waals surface area contributed by atoms with Crippen molar-refractivity contribution in [1.82, 2.24) is 9.88 Å². The Kier molecular flexibility index (Phi) is 6.44. The summed E-state index contributed by atoms with van der Waals surface area (Å²) in [6.45, 7) is 2.57. The van der Waals surface area contributed by atoms with Gasteiger partial charge in [-0.15, -0.1) is 0 Å². The maximum absolute atomic E-state index is 12.1. The van der Waals surface area contributed by atoms with Crippen molar-refractivity contribution in [2.45, 2.75) is 25.9 Å². The molecule has 2 N–H and O–H groups in total. The fourth-order valence-corrected chi connectivity index (χ4v) is 2.59. The first kappa shape index (κ1) is 16.1. The zero-order valence-electron chi connectivity index (χ0n) is 10.9. The highest BCUT2D eigenvalue weighted by molar-refractivity contribution is 9.10. The highest BCUT2D eigenvalue weighted by Gasteiger charge is 2.21. The lowest BCUT2D eigenvalue weighted by Gasteiger charge is -2.14. The van der Waals surface area contributed by atoms with Crippen LogP contribution in [0.2, 0.25) is 0 Å². The number of rotatable bonds is 7. The van der Waals surface area contributed by atoms with E-state index in [1.54, 1.807) is 28.6 Å². The van der Waals surface area contributed by atoms with Crippen LogP contribution in [0, 0.1) is 0 Å². The van der Waals surface area contributed by atoms with E-state index in [0.29, 0.717) is 24.4 Å². The van der Waals surface area contributed by atoms with Crippen molar-refractivity contribution in [1.29, 1.82) is 0 Å². The lowest BCUT2D eigenvalue weighted by atomic mass is 10.2. The van der Waals surface area contributed by atoms with Gasteiger partial charge in [-0.3, -0.25) is 4.79 Å². The van der Waals surface area contributed by atoms with Gasteiger partial charge in [0.1, 0.15) is 11.7 Å². The molecular formula is C12H17BrN2O3S. The van der Waals surface area contributed by atoms with Crippen molar-refractivity contribution in [2.24, 2.45) is 0 Å². The number of carboxylic acids is 1. The molecule has 0 aromatic carbocycles. The summed E-state index contributed by atoms with van der Waals surface area (Å²) in [5.41, 5.74) is 0.463. The summed E-state index contributed by atoms with van der Waals surface area (Å²) in [6, 6.07) is 0.839. The number of aliphatic carboxylic acids is 1. The number of thioether (sulfide) groups is 1. The maximum atomic E-state index is 12.1. The highest BCUT2D eigenvalue weighted by Crippen LogP contribution is 2.15. The number of hydrogen-bond acceptors (Lipinski definition) is 3. The molecule has 19 heavy (non-hydrogen) atoms. The summed E-state index contributed by atoms with van der Waals surface area (Å²) in [6.07, 6.45) is 4.11. The van der Waals surface area contributed by atoms with E-state index >= 15 is 0 Å². The van der Waals surface area contributed by atoms with Crippen molar-refractivity contribution in [3.8, 4) is 0 Å². The van der Waals surface area contributed by atoms with Crippen molar-refractivity contribution >= 4 is 39.6 Å². The zero-order valence-corrected chi connectivity index (χ0v) is 13.3. The van der Waals surface area contributed by atoms with E-state index in [9.17, 15) is 9.59 Å². The van der Waals surface area contributed by atoms with Gasteiger partial charge >= 0.3 is 5.97 Å². The summed E-state index contributed by atoms with van der Waals surface area (Å²) in [7, 11) is 0. The Morgan fingerprint density at radius 2 is 2.26 bits per heavy atom. The van der Waals surface area contributed by atoms with E-state index in [1.165, 1.54) is 0 Å². The van der Waals surface area contributed by atoms with Crippen LogP contribution in [-0.2, 0) is 11.3 Å². The van der Waals surface area contributed by atoms with Crippen LogP contribution in [0.3, 0.4) is 0 Å². The van der Waals surface area contributed by atoms with Crippen molar-refractivity contribution < 1.29 is 14.7 Å². The molecule has 5 nitrogen and oxygen atoms in total. The van der Waals surface area contributed by atoms with Crippen molar-refractivity contribution in [3.05, 3.63) is 22.4 Å². The van der Waals surface area contributed by atoms with Crippen LogP contribution in [0.15, 0.2) is 16.7 Å². The number of aryl methyl sites for hydroxylation is 1. The fourth-order valence-electron chi connectivity index (χ4n) is 1.65. The molecular weight excluding hydrogens is 332 g/mol. The number of carboxylic acid groups (broad SMARTS) is 1. The van der Waals surface area contributed by atoms with Gasteiger partial charge in [0, 0.05) is 17.2 Å². The topological polar surface area (TPSA) is 71.3 Å². The second kappa shape index (κ2) is 7.59. The molecule has 0 fully saturated rings. The third-order valence-corrected chi connectivity index (χ3v) is 3.73. The van der Waals surface area contributed by atoms with Crippen LogP contribution in [0.5, 0.6) is 0 Å². The van der Waals surface area contributed by atoms with Gasteiger partial charge < -0.3 is 15.0 Å². The maximum Gasteiger partial charge on any atom is 0.326 e. The number of carbonyl (C=O) groups is 2. The van der Waals surface area contributed by atoms with Crippen LogP contribution in [0.1, 0.15) is 23.8 Å². The molecule has 1 unspecified atom stereocenters. The molecule has 0 saturated carbocycles. The smallest absolute Gasteiger partial charge is 0.326 e. The first-order valence-corrected chi connectivity index (χ1v) is 8.06. The van der Waals surface area contributed by atoms with Crippen molar-refractivity contribution in [2.75, 3.05) is 12.0 Å². The summed E-state index contributed by atoms with van der Waals surface area (Å²) >= 11 is 4.86. The van der Waals surface area contributed by atoms with Crippen LogP contribution in [0.4, 0.5) is 0 Å². The van der Waals surface area contributed by atoms with Gasteiger partial charge in [0.15, 0.2) is 0 Å². The van der Waals surface area contributed by atoms with E-state index in [2.05, 4.69) is 21.2 Å². The standard InChI is InChI=1S/C12H17BrN2O3S/c1-3-15-7-8(13)6-10(15)11(16)14-9(12(17)18)4-5-19-2/h6-7,9H,3-5H2,1-2H3,(H,14,16)(H,17,18). The quantitative estimate of drug-likeness (QED) is 0.792. The molecule has 1 heterocycles. The Morgan fingerprint density at radius 1 is 1.58 bits per heavy atom. The lowest BCUT2D eigenvalue weighted by molar-refractivity contribution is -0.139. The Balaban J connectivity index is 2.78. The van der Waals surface area contributed by atoms with Gasteiger partial charge in [0.05, 0.1) is 0 Å². The largest absolute Gasteiger partial charge is 0.480 e. The third-order valence-electron chi connectivity index (χ3n) is 2.65. The molecule has 7 heteroatoms. The third kappa shape index (κ3) is 4.58. The fraction of sp³-hybridized carbons (Fsp3) is 0.500. The first-order chi connectivity index (χ1) is 8.99. The highest BCUT2D eigenvalue weighted by atomic mass is 79.9. The molecule has 0 saturated heterocycles. The normalized spacial score (nSPS) is 12.2. The number of amides is 1. The summed E-state index contributed by atoms with van der Waals surface area (Å²) in [5, 5.41) is 11.6. The number of hydrogen-bond donors (Lipinski definition) is 2. The average molecular weight is 349 g/mol. The van der Waals surface area contributed by atoms with E-state index in [-0.39, 0.29) is 5.91 Å². The van der Waals surface area contributed by atoms with Crippen LogP contribution in [-0.4, -0.2) is 39.6 Å². The van der Waals surface area contributed by atoms with Gasteiger partial charge in [-0.25, -0.2) is 4.79 Å². The SMILES string of the molecule is CCn1cc(Br)cc1C(=O)NC(CCSC)C(=O)O. The number of halogens is 1. The van der Waals surface area contributed by atoms with Crippen LogP contribution in [0.25, 0.3) is 0 Å². The summed E-state index contributed by atoms with van der Waals surface area (Å²) < 4.78 is 2.57. The predicted molar refractivity (Wildman–Crippen MR) is 79.7 cm³/mol. The molecule has 0 spiro atoms. The van der Waals surface area contributed by atoms with Gasteiger partial charge in [-0.1, -0.05) is 0 Å². The molecule has 1 rings (SSSR count). The lowest BCUT2D eigenvalue weighted by Crippen LogP contribution is -2.41. The van der Waals surface area contributed by atoms with Gasteiger partial charge in [-0.2, -0.15) is 11.8 Å². The number of nitrogens with one attached hydrogen (secondary N) is 1. The van der Waals surface area contributed by atoms with Crippen molar-refractivity contribution in [3.63, 3.8) is 0 Å². The van der Waals surface area contributed by atoms with Gasteiger partial charge in [0.2, 0.25) is 0 Å². The van der Waals surface area contributed by atoms with E-state index < -0.39 is 12.0 Å². The van der Waals surface area contributed by atoms with E-state index in [1.807, 2.05) is 13.2 Å². The molecule has 0 aliphatic rings. The molecule has 106 valence electrons. The second-order valence-corrected chi connectivity index (χ2v) is 5.88. The molecule has 0 aliphatic carbocycles. The minimum Gasteiger partial charge on any atom is -0.480 e. The molecule has 0 aliphatic heterocycles. The average Bonchev–Trinajstić information content (AvgIpc) is 2.75. The minimum atomic E-state index is -1.00.